The molecule has 1 aromatic heterocycles. The second-order valence-electron chi connectivity index (χ2n) is 5.07. The van der Waals surface area contributed by atoms with Gasteiger partial charge in [0.1, 0.15) is 5.82 Å². The van der Waals surface area contributed by atoms with E-state index in [1.807, 2.05) is 18.2 Å². The Morgan fingerprint density at radius 2 is 1.91 bits per heavy atom. The summed E-state index contributed by atoms with van der Waals surface area (Å²) >= 11 is 0. The van der Waals surface area contributed by atoms with Gasteiger partial charge in [0.25, 0.3) is 5.91 Å². The highest BCUT2D eigenvalue weighted by atomic mass is 16.2. The number of nitrogens with two attached hydrogens (primary N) is 2. The number of aromatic nitrogens is 1. The minimum absolute atomic E-state index is 0.231. The van der Waals surface area contributed by atoms with Gasteiger partial charge in [0.05, 0.1) is 5.56 Å². The maximum Gasteiger partial charge on any atom is 0.317 e. The smallest absolute Gasteiger partial charge is 0.317 e. The van der Waals surface area contributed by atoms with Crippen LogP contribution in [0.2, 0.25) is 0 Å². The molecule has 2 aromatic rings. The van der Waals surface area contributed by atoms with E-state index >= 15 is 0 Å². The Hall–Kier alpha value is -2.54. The van der Waals surface area contributed by atoms with Crippen molar-refractivity contribution in [1.82, 2.24) is 9.88 Å². The lowest BCUT2D eigenvalue weighted by Crippen LogP contribution is -2.22. The summed E-state index contributed by atoms with van der Waals surface area (Å²) in [4.78, 5) is 28.0. The molecule has 0 aliphatic heterocycles. The van der Waals surface area contributed by atoms with Crippen molar-refractivity contribution < 1.29 is 9.59 Å². The number of carbonyl (C=O) groups excluding carboxylic acids is 2. The van der Waals surface area contributed by atoms with Crippen LogP contribution in [0.5, 0.6) is 0 Å². The van der Waals surface area contributed by atoms with Gasteiger partial charge in [0.2, 0.25) is 0 Å². The maximum absolute atomic E-state index is 11.6. The van der Waals surface area contributed by atoms with Crippen LogP contribution in [0.1, 0.15) is 29.8 Å². The first kappa shape index (κ1) is 15.8. The number of amides is 3. The Kier molecular flexibility index (Phi) is 4.67. The van der Waals surface area contributed by atoms with E-state index in [1.165, 1.54) is 0 Å². The average Bonchev–Trinajstić information content (AvgIpc) is 2.80. The Bertz CT molecular complexity index is 703. The first-order valence-electron chi connectivity index (χ1n) is 7.19. The molecule has 0 spiro atoms. The third kappa shape index (κ3) is 3.20. The van der Waals surface area contributed by atoms with Gasteiger partial charge in [-0.1, -0.05) is 26.0 Å². The number of carbonyl (C=O) groups is 2. The molecule has 7 nitrogen and oxygen atoms in total. The summed E-state index contributed by atoms with van der Waals surface area (Å²) in [5.74, 6) is -0.388. The van der Waals surface area contributed by atoms with Crippen LogP contribution in [0, 0.1) is 0 Å². The molecule has 6 N–H and O–H groups in total. The molecule has 118 valence electrons. The Balaban J connectivity index is 2.45. The number of hydrogen-bond donors (Lipinski definition) is 4. The highest BCUT2D eigenvalue weighted by Gasteiger charge is 2.17. The summed E-state index contributed by atoms with van der Waals surface area (Å²) in [5, 5.41) is 3.07. The number of hydrogen-bond acceptors (Lipinski definition) is 3. The Labute approximate surface area is 128 Å². The molecule has 0 saturated heterocycles. The normalized spacial score (nSPS) is 11.0. The number of H-pyrrole nitrogens is 1. The van der Waals surface area contributed by atoms with E-state index in [9.17, 15) is 9.59 Å². The van der Waals surface area contributed by atoms with E-state index in [1.54, 1.807) is 0 Å². The average molecular weight is 303 g/mol. The van der Waals surface area contributed by atoms with Crippen molar-refractivity contribution in [1.29, 1.82) is 0 Å². The zero-order chi connectivity index (χ0) is 16.3. The van der Waals surface area contributed by atoms with Gasteiger partial charge < -0.3 is 16.5 Å². The minimum atomic E-state index is -0.752. The van der Waals surface area contributed by atoms with Gasteiger partial charge in [0.15, 0.2) is 0 Å². The molecule has 0 bridgehead atoms. The highest BCUT2D eigenvalue weighted by molar-refractivity contribution is 6.12. The molecule has 0 atom stereocenters. The number of primary amides is 2. The number of aromatic amines is 1. The van der Waals surface area contributed by atoms with Crippen LogP contribution in [0.15, 0.2) is 18.2 Å². The third-order valence-corrected chi connectivity index (χ3v) is 3.66. The van der Waals surface area contributed by atoms with E-state index in [2.05, 4.69) is 29.0 Å². The van der Waals surface area contributed by atoms with Gasteiger partial charge in [-0.2, -0.15) is 0 Å². The van der Waals surface area contributed by atoms with Gasteiger partial charge >= 0.3 is 6.03 Å². The molecule has 0 fully saturated rings. The number of benzene rings is 1. The molecule has 0 aliphatic rings. The van der Waals surface area contributed by atoms with E-state index < -0.39 is 11.9 Å². The van der Waals surface area contributed by atoms with Crippen LogP contribution in [-0.2, 0) is 6.54 Å². The molecule has 0 unspecified atom stereocenters. The molecule has 22 heavy (non-hydrogen) atoms. The lowest BCUT2D eigenvalue weighted by molar-refractivity contribution is 0.100. The van der Waals surface area contributed by atoms with Crippen molar-refractivity contribution in [2.75, 3.05) is 18.4 Å². The maximum atomic E-state index is 11.6. The molecular weight excluding hydrogens is 282 g/mol. The number of anilines is 1. The molecule has 0 saturated carbocycles. The predicted molar refractivity (Wildman–Crippen MR) is 86.6 cm³/mol. The Morgan fingerprint density at radius 3 is 2.45 bits per heavy atom. The van der Waals surface area contributed by atoms with Crippen molar-refractivity contribution in [2.24, 2.45) is 11.5 Å². The van der Waals surface area contributed by atoms with Crippen molar-refractivity contribution in [3.05, 3.63) is 29.3 Å². The van der Waals surface area contributed by atoms with Crippen LogP contribution < -0.4 is 16.8 Å². The van der Waals surface area contributed by atoms with Gasteiger partial charge in [-0.05, 0) is 24.7 Å². The van der Waals surface area contributed by atoms with Crippen molar-refractivity contribution in [3.8, 4) is 0 Å². The highest BCUT2D eigenvalue weighted by Crippen LogP contribution is 2.27. The summed E-state index contributed by atoms with van der Waals surface area (Å²) in [5.41, 5.74) is 12.6. The van der Waals surface area contributed by atoms with E-state index in [0.717, 1.165) is 30.7 Å². The molecule has 3 amide bonds. The van der Waals surface area contributed by atoms with Crippen LogP contribution in [0.25, 0.3) is 10.9 Å². The minimum Gasteiger partial charge on any atom is -0.365 e. The fourth-order valence-corrected chi connectivity index (χ4v) is 2.52. The molecule has 0 aliphatic carbocycles. The SMILES string of the molecule is CCN(CC)Cc1ccc2c(C(N)=O)c(NC(N)=O)[nH]c2c1. The largest absolute Gasteiger partial charge is 0.365 e. The van der Waals surface area contributed by atoms with E-state index in [4.69, 9.17) is 11.5 Å². The predicted octanol–water partition coefficient (Wildman–Crippen LogP) is 1.60. The van der Waals surface area contributed by atoms with Gasteiger partial charge in [-0.25, -0.2) is 4.79 Å². The van der Waals surface area contributed by atoms with Crippen LogP contribution in [-0.4, -0.2) is 34.9 Å². The molecule has 2 rings (SSSR count). The summed E-state index contributed by atoms with van der Waals surface area (Å²) in [6.45, 7) is 6.94. The number of nitrogens with one attached hydrogen (secondary N) is 2. The van der Waals surface area contributed by atoms with Crippen molar-refractivity contribution in [3.63, 3.8) is 0 Å². The summed E-state index contributed by atoms with van der Waals surface area (Å²) < 4.78 is 0. The lowest BCUT2D eigenvalue weighted by atomic mass is 10.1. The number of urea groups is 1. The van der Waals surface area contributed by atoms with Crippen LogP contribution >= 0.6 is 0 Å². The number of fused-ring (bicyclic) bond motifs is 1. The van der Waals surface area contributed by atoms with E-state index in [0.29, 0.717) is 5.39 Å². The second kappa shape index (κ2) is 6.48. The van der Waals surface area contributed by atoms with Crippen LogP contribution in [0.4, 0.5) is 10.6 Å². The van der Waals surface area contributed by atoms with Gasteiger partial charge in [0, 0.05) is 17.4 Å². The lowest BCUT2D eigenvalue weighted by Gasteiger charge is -2.17. The first-order chi connectivity index (χ1) is 10.5. The standard InChI is InChI=1S/C15H21N5O2/c1-3-20(4-2)8-9-5-6-10-11(7-9)18-14(19-15(17)22)12(10)13(16)21/h5-7,18H,3-4,8H2,1-2H3,(H2,16,21)(H3,17,19,22). The molecule has 1 heterocycles. The summed E-state index contributed by atoms with van der Waals surface area (Å²) in [6, 6.07) is 4.98. The second-order valence-corrected chi connectivity index (χ2v) is 5.07. The topological polar surface area (TPSA) is 117 Å². The summed E-state index contributed by atoms with van der Waals surface area (Å²) in [7, 11) is 0. The third-order valence-electron chi connectivity index (χ3n) is 3.66. The van der Waals surface area contributed by atoms with Crippen LogP contribution in [0.3, 0.4) is 0 Å². The molecule has 7 heteroatoms. The molecule has 0 radical (unpaired) electrons. The van der Waals surface area contributed by atoms with E-state index in [-0.39, 0.29) is 11.4 Å². The zero-order valence-corrected chi connectivity index (χ0v) is 12.8. The quantitative estimate of drug-likeness (QED) is 0.649. The van der Waals surface area contributed by atoms with Gasteiger partial charge in [-0.3, -0.25) is 15.0 Å². The fourth-order valence-electron chi connectivity index (χ4n) is 2.52. The van der Waals surface area contributed by atoms with Crippen molar-refractivity contribution >= 4 is 28.7 Å². The molecule has 1 aromatic carbocycles. The Morgan fingerprint density at radius 1 is 1.23 bits per heavy atom. The number of rotatable bonds is 6. The first-order valence-corrected chi connectivity index (χ1v) is 7.19. The fraction of sp³-hybridized carbons (Fsp3) is 0.333. The monoisotopic (exact) mass is 303 g/mol. The number of nitrogens with zero attached hydrogens (tertiary/aromatic N) is 1. The van der Waals surface area contributed by atoms with Crippen molar-refractivity contribution in [2.45, 2.75) is 20.4 Å². The zero-order valence-electron chi connectivity index (χ0n) is 12.8. The molecular formula is C15H21N5O2. The van der Waals surface area contributed by atoms with Gasteiger partial charge in [-0.15, -0.1) is 0 Å². The summed E-state index contributed by atoms with van der Waals surface area (Å²) in [6.07, 6.45) is 0.